The summed E-state index contributed by atoms with van der Waals surface area (Å²) >= 11 is 0. The lowest BCUT2D eigenvalue weighted by Crippen LogP contribution is -2.05. The van der Waals surface area contributed by atoms with Gasteiger partial charge in [-0.25, -0.2) is 4.39 Å². The molecule has 5 heteroatoms. The number of aromatic nitrogens is 1. The minimum absolute atomic E-state index is 0.243. The fourth-order valence-corrected chi connectivity index (χ4v) is 1.93. The second-order valence-corrected chi connectivity index (χ2v) is 4.13. The number of carbonyl (C=O) groups excluding carboxylic acids is 1. The molecule has 0 atom stereocenters. The summed E-state index contributed by atoms with van der Waals surface area (Å²) in [5.74, 6) is -0.740. The normalized spacial score (nSPS) is 10.4. The van der Waals surface area contributed by atoms with Crippen LogP contribution < -0.4 is 0 Å². The number of ether oxygens (including phenoxy) is 1. The zero-order chi connectivity index (χ0) is 13.8. The summed E-state index contributed by atoms with van der Waals surface area (Å²) in [5, 5.41) is 9.41. The first kappa shape index (κ1) is 13.1. The predicted molar refractivity (Wildman–Crippen MR) is 67.9 cm³/mol. The molecule has 1 aromatic heterocycles. The van der Waals surface area contributed by atoms with Crippen molar-refractivity contribution in [2.24, 2.45) is 0 Å². The molecule has 1 heterocycles. The van der Waals surface area contributed by atoms with E-state index in [9.17, 15) is 9.18 Å². The fourth-order valence-electron chi connectivity index (χ4n) is 1.93. The van der Waals surface area contributed by atoms with Gasteiger partial charge in [-0.1, -0.05) is 0 Å². The Morgan fingerprint density at radius 3 is 2.95 bits per heavy atom. The van der Waals surface area contributed by atoms with Gasteiger partial charge in [0, 0.05) is 11.1 Å². The highest BCUT2D eigenvalue weighted by atomic mass is 19.1. The second kappa shape index (κ2) is 5.53. The van der Waals surface area contributed by atoms with Gasteiger partial charge in [0.1, 0.15) is 5.82 Å². The maximum Gasteiger partial charge on any atom is 0.306 e. The molecule has 0 saturated carbocycles. The van der Waals surface area contributed by atoms with Crippen molar-refractivity contribution in [3.05, 3.63) is 35.3 Å². The molecule has 1 N–H and O–H groups in total. The van der Waals surface area contributed by atoms with Gasteiger partial charge in [-0.05, 0) is 31.5 Å². The molecule has 0 aliphatic heterocycles. The number of hydrogen-bond acceptors (Lipinski definition) is 3. The van der Waals surface area contributed by atoms with Crippen molar-refractivity contribution in [3.63, 3.8) is 0 Å². The molecular formula is C14H13FN2O2. The van der Waals surface area contributed by atoms with Crippen LogP contribution >= 0.6 is 0 Å². The van der Waals surface area contributed by atoms with E-state index in [0.29, 0.717) is 23.9 Å². The number of halogens is 1. The molecule has 19 heavy (non-hydrogen) atoms. The first-order valence-electron chi connectivity index (χ1n) is 6.01. The van der Waals surface area contributed by atoms with Gasteiger partial charge < -0.3 is 9.72 Å². The van der Waals surface area contributed by atoms with Gasteiger partial charge in [0.25, 0.3) is 0 Å². The van der Waals surface area contributed by atoms with Crippen molar-refractivity contribution < 1.29 is 13.9 Å². The molecule has 0 saturated heterocycles. The van der Waals surface area contributed by atoms with Crippen molar-refractivity contribution in [1.82, 2.24) is 4.98 Å². The van der Waals surface area contributed by atoms with Gasteiger partial charge in [-0.15, -0.1) is 0 Å². The van der Waals surface area contributed by atoms with Crippen molar-refractivity contribution in [2.45, 2.75) is 19.8 Å². The van der Waals surface area contributed by atoms with Crippen LogP contribution in [0.1, 0.15) is 24.6 Å². The Morgan fingerprint density at radius 2 is 2.26 bits per heavy atom. The quantitative estimate of drug-likeness (QED) is 0.859. The molecule has 2 rings (SSSR count). The van der Waals surface area contributed by atoms with E-state index in [2.05, 4.69) is 4.98 Å². The van der Waals surface area contributed by atoms with Crippen molar-refractivity contribution >= 4 is 16.9 Å². The predicted octanol–water partition coefficient (Wildman–Crippen LogP) is 2.67. The van der Waals surface area contributed by atoms with Crippen molar-refractivity contribution in [3.8, 4) is 6.07 Å². The average molecular weight is 260 g/mol. The number of aryl methyl sites for hydroxylation is 1. The first-order chi connectivity index (χ1) is 9.13. The Labute approximate surface area is 109 Å². The van der Waals surface area contributed by atoms with E-state index >= 15 is 0 Å². The number of esters is 1. The Morgan fingerprint density at radius 1 is 1.47 bits per heavy atom. The van der Waals surface area contributed by atoms with E-state index in [-0.39, 0.29) is 18.0 Å². The monoisotopic (exact) mass is 260 g/mol. The van der Waals surface area contributed by atoms with Gasteiger partial charge >= 0.3 is 5.97 Å². The van der Waals surface area contributed by atoms with E-state index in [1.807, 2.05) is 6.07 Å². The highest BCUT2D eigenvalue weighted by Gasteiger charge is 2.09. The van der Waals surface area contributed by atoms with Crippen LogP contribution in [0.25, 0.3) is 10.9 Å². The highest BCUT2D eigenvalue weighted by Crippen LogP contribution is 2.21. The molecule has 0 radical (unpaired) electrons. The lowest BCUT2D eigenvalue weighted by atomic mass is 10.1. The van der Waals surface area contributed by atoms with Gasteiger partial charge in [0.05, 0.1) is 30.2 Å². The molecule has 0 amide bonds. The van der Waals surface area contributed by atoms with E-state index in [4.69, 9.17) is 10.00 Å². The molecule has 1 aromatic carbocycles. The zero-order valence-corrected chi connectivity index (χ0v) is 10.5. The molecule has 98 valence electrons. The molecule has 0 spiro atoms. The van der Waals surface area contributed by atoms with E-state index in [1.54, 1.807) is 19.1 Å². The third-order valence-corrected chi connectivity index (χ3v) is 2.77. The van der Waals surface area contributed by atoms with Crippen LogP contribution in [0.2, 0.25) is 0 Å². The standard InChI is InChI=1S/C14H13FN2O2/c1-2-19-13(18)4-3-11-7-10-5-9(8-16)6-12(15)14(10)17-11/h5-7,17H,2-4H2,1H3. The number of benzene rings is 1. The van der Waals surface area contributed by atoms with Crippen LogP contribution in [0.3, 0.4) is 0 Å². The fraction of sp³-hybridized carbons (Fsp3) is 0.286. The van der Waals surface area contributed by atoms with Gasteiger partial charge in [-0.3, -0.25) is 4.79 Å². The number of nitriles is 1. The summed E-state index contributed by atoms with van der Waals surface area (Å²) in [6.45, 7) is 2.10. The lowest BCUT2D eigenvalue weighted by Gasteiger charge is -1.99. The van der Waals surface area contributed by atoms with Crippen LogP contribution in [0.15, 0.2) is 18.2 Å². The lowest BCUT2D eigenvalue weighted by molar-refractivity contribution is -0.143. The molecule has 0 unspecified atom stereocenters. The Kier molecular flexibility index (Phi) is 3.81. The Bertz CT molecular complexity index is 655. The van der Waals surface area contributed by atoms with Gasteiger partial charge in [0.2, 0.25) is 0 Å². The van der Waals surface area contributed by atoms with Crippen molar-refractivity contribution in [1.29, 1.82) is 5.26 Å². The van der Waals surface area contributed by atoms with Gasteiger partial charge in [-0.2, -0.15) is 5.26 Å². The summed E-state index contributed by atoms with van der Waals surface area (Å²) in [6, 6.07) is 6.46. The minimum Gasteiger partial charge on any atom is -0.466 e. The molecule has 0 aliphatic carbocycles. The maximum atomic E-state index is 13.7. The van der Waals surface area contributed by atoms with Gasteiger partial charge in [0.15, 0.2) is 0 Å². The number of aromatic amines is 1. The van der Waals surface area contributed by atoms with Crippen LogP contribution in [0, 0.1) is 17.1 Å². The van der Waals surface area contributed by atoms with Crippen LogP contribution in [-0.4, -0.2) is 17.6 Å². The topological polar surface area (TPSA) is 65.9 Å². The Balaban J connectivity index is 2.20. The van der Waals surface area contributed by atoms with E-state index in [0.717, 1.165) is 5.69 Å². The number of H-pyrrole nitrogens is 1. The number of nitrogens with zero attached hydrogens (tertiary/aromatic N) is 1. The minimum atomic E-state index is -0.462. The summed E-state index contributed by atoms with van der Waals surface area (Å²) in [4.78, 5) is 14.2. The summed E-state index contributed by atoms with van der Waals surface area (Å²) < 4.78 is 18.5. The molecular weight excluding hydrogens is 247 g/mol. The maximum absolute atomic E-state index is 13.7. The number of rotatable bonds is 4. The Hall–Kier alpha value is -2.35. The largest absolute Gasteiger partial charge is 0.466 e. The molecule has 0 bridgehead atoms. The number of carbonyl (C=O) groups is 1. The van der Waals surface area contributed by atoms with E-state index < -0.39 is 5.82 Å². The first-order valence-corrected chi connectivity index (χ1v) is 6.01. The highest BCUT2D eigenvalue weighted by molar-refractivity contribution is 5.82. The van der Waals surface area contributed by atoms with Crippen LogP contribution in [0.4, 0.5) is 4.39 Å². The van der Waals surface area contributed by atoms with Crippen LogP contribution in [-0.2, 0) is 16.0 Å². The molecule has 4 nitrogen and oxygen atoms in total. The summed E-state index contributed by atoms with van der Waals surface area (Å²) in [7, 11) is 0. The SMILES string of the molecule is CCOC(=O)CCc1cc2cc(C#N)cc(F)c2[nH]1. The zero-order valence-electron chi connectivity index (χ0n) is 10.5. The van der Waals surface area contributed by atoms with Crippen molar-refractivity contribution in [2.75, 3.05) is 6.61 Å². The molecule has 2 aromatic rings. The third kappa shape index (κ3) is 2.91. The number of nitrogens with one attached hydrogen (secondary N) is 1. The van der Waals surface area contributed by atoms with E-state index in [1.165, 1.54) is 6.07 Å². The molecule has 0 aliphatic rings. The summed E-state index contributed by atoms with van der Waals surface area (Å²) in [6.07, 6.45) is 0.697. The average Bonchev–Trinajstić information content (AvgIpc) is 2.80. The second-order valence-electron chi connectivity index (χ2n) is 4.13. The number of hydrogen-bond donors (Lipinski definition) is 1. The smallest absolute Gasteiger partial charge is 0.306 e. The number of fused-ring (bicyclic) bond motifs is 1. The molecule has 0 fully saturated rings. The summed E-state index contributed by atoms with van der Waals surface area (Å²) in [5.41, 5.74) is 1.39. The van der Waals surface area contributed by atoms with Crippen LogP contribution in [0.5, 0.6) is 0 Å². The third-order valence-electron chi connectivity index (χ3n) is 2.77.